The molecule has 2 aromatic carbocycles. The fraction of sp³-hybridized carbons (Fsp3) is 0.150. The van der Waals surface area contributed by atoms with Gasteiger partial charge in [-0.2, -0.15) is 0 Å². The smallest absolute Gasteiger partial charge is 0.273 e. The summed E-state index contributed by atoms with van der Waals surface area (Å²) in [6, 6.07) is 14.3. The van der Waals surface area contributed by atoms with Gasteiger partial charge in [-0.15, -0.1) is 0 Å². The van der Waals surface area contributed by atoms with Crippen LogP contribution in [0.1, 0.15) is 27.3 Å². The Morgan fingerprint density at radius 2 is 1.71 bits per heavy atom. The van der Waals surface area contributed by atoms with Crippen LogP contribution in [-0.2, 0) is 11.8 Å². The van der Waals surface area contributed by atoms with Gasteiger partial charge in [0.25, 0.3) is 11.8 Å². The largest absolute Gasteiger partial charge is 0.370 e. The number of fused-ring (bicyclic) bond motifs is 1. The summed E-state index contributed by atoms with van der Waals surface area (Å²) in [4.78, 5) is 36.2. The number of hydrogen-bond acceptors (Lipinski definition) is 3. The van der Waals surface area contributed by atoms with Crippen LogP contribution in [0.4, 0.5) is 5.69 Å². The van der Waals surface area contributed by atoms with E-state index >= 15 is 0 Å². The lowest BCUT2D eigenvalue weighted by Gasteiger charge is -2.12. The van der Waals surface area contributed by atoms with E-state index in [-0.39, 0.29) is 18.9 Å². The highest BCUT2D eigenvalue weighted by Gasteiger charge is 2.21. The molecule has 4 N–H and O–H groups in total. The van der Waals surface area contributed by atoms with Crippen molar-refractivity contribution in [2.75, 3.05) is 11.9 Å². The van der Waals surface area contributed by atoms with Crippen molar-refractivity contribution in [1.29, 1.82) is 0 Å². The third-order valence-electron chi connectivity index (χ3n) is 4.34. The number of rotatable bonds is 6. The van der Waals surface area contributed by atoms with Crippen molar-refractivity contribution in [3.05, 3.63) is 64.3 Å². The molecule has 8 heteroatoms. The molecule has 0 spiro atoms. The molecule has 0 fully saturated rings. The molecular weight excluding hydrogens is 424 g/mol. The van der Waals surface area contributed by atoms with Crippen LogP contribution in [-0.4, -0.2) is 28.8 Å². The van der Waals surface area contributed by atoms with Gasteiger partial charge in [0.1, 0.15) is 5.69 Å². The number of primary amides is 1. The van der Waals surface area contributed by atoms with Crippen molar-refractivity contribution in [2.45, 2.75) is 6.42 Å². The van der Waals surface area contributed by atoms with Crippen molar-refractivity contribution in [3.8, 4) is 0 Å². The van der Waals surface area contributed by atoms with Gasteiger partial charge in [-0.3, -0.25) is 14.4 Å². The quantitative estimate of drug-likeness (QED) is 0.546. The van der Waals surface area contributed by atoms with E-state index in [0.717, 1.165) is 10.9 Å². The predicted octanol–water partition coefficient (Wildman–Crippen LogP) is 2.80. The molecule has 0 aliphatic carbocycles. The maximum absolute atomic E-state index is 12.9. The predicted molar refractivity (Wildman–Crippen MR) is 111 cm³/mol. The van der Waals surface area contributed by atoms with Crippen LogP contribution >= 0.6 is 15.9 Å². The molecule has 0 aliphatic heterocycles. The lowest BCUT2D eigenvalue weighted by Crippen LogP contribution is -2.29. The molecule has 1 aromatic heterocycles. The summed E-state index contributed by atoms with van der Waals surface area (Å²) in [6.45, 7) is 0.130. The molecule has 0 bridgehead atoms. The Morgan fingerprint density at radius 1 is 1.04 bits per heavy atom. The van der Waals surface area contributed by atoms with Gasteiger partial charge >= 0.3 is 0 Å². The van der Waals surface area contributed by atoms with Gasteiger partial charge in [-0.25, -0.2) is 0 Å². The molecule has 28 heavy (non-hydrogen) atoms. The molecule has 7 nitrogen and oxygen atoms in total. The summed E-state index contributed by atoms with van der Waals surface area (Å²) >= 11 is 3.51. The van der Waals surface area contributed by atoms with E-state index < -0.39 is 11.8 Å². The van der Waals surface area contributed by atoms with E-state index in [1.165, 1.54) is 0 Å². The normalized spacial score (nSPS) is 10.6. The lowest BCUT2D eigenvalue weighted by atomic mass is 10.1. The Hall–Kier alpha value is -3.13. The molecule has 0 aliphatic rings. The first-order valence-corrected chi connectivity index (χ1v) is 9.39. The molecular formula is C20H19BrN4O3. The second-order valence-corrected chi connectivity index (χ2v) is 7.00. The average molecular weight is 443 g/mol. The molecule has 3 amide bonds. The molecule has 0 unspecified atom stereocenters. The number of nitrogens with one attached hydrogen (secondary N) is 2. The van der Waals surface area contributed by atoms with Gasteiger partial charge in [0, 0.05) is 30.9 Å². The number of halogens is 1. The van der Waals surface area contributed by atoms with E-state index in [2.05, 4.69) is 26.6 Å². The molecule has 144 valence electrons. The summed E-state index contributed by atoms with van der Waals surface area (Å²) in [6.07, 6.45) is 0.0448. The number of para-hydroxylation sites is 2. The molecule has 1 heterocycles. The molecule has 3 rings (SSSR count). The number of benzene rings is 2. The Bertz CT molecular complexity index is 1040. The van der Waals surface area contributed by atoms with Crippen LogP contribution in [0.15, 0.2) is 53.0 Å². The molecule has 0 saturated carbocycles. The van der Waals surface area contributed by atoms with Crippen molar-refractivity contribution >= 4 is 50.2 Å². The molecule has 0 atom stereocenters. The minimum Gasteiger partial charge on any atom is -0.370 e. The van der Waals surface area contributed by atoms with Crippen molar-refractivity contribution in [1.82, 2.24) is 9.88 Å². The van der Waals surface area contributed by atoms with Crippen LogP contribution in [0.25, 0.3) is 10.9 Å². The van der Waals surface area contributed by atoms with E-state index in [1.807, 2.05) is 31.3 Å². The lowest BCUT2D eigenvalue weighted by molar-refractivity contribution is -0.117. The summed E-state index contributed by atoms with van der Waals surface area (Å²) in [5.74, 6) is -1.24. The standard InChI is InChI=1S/C20H19BrN4O3/c1-25-15-9-5-3-7-13(15)17(21)18(25)20(28)24-14-8-4-2-6-12(14)19(27)23-11-10-16(22)26/h2-9H,10-11H2,1H3,(H2,22,26)(H,23,27)(H,24,28). The zero-order valence-corrected chi connectivity index (χ0v) is 16.7. The third kappa shape index (κ3) is 3.91. The summed E-state index contributed by atoms with van der Waals surface area (Å²) in [7, 11) is 1.81. The monoisotopic (exact) mass is 442 g/mol. The number of aryl methyl sites for hydroxylation is 1. The maximum Gasteiger partial charge on any atom is 0.273 e. The SMILES string of the molecule is Cn1c(C(=O)Nc2ccccc2C(=O)NCCC(N)=O)c(Br)c2ccccc21. The first-order chi connectivity index (χ1) is 13.4. The summed E-state index contributed by atoms with van der Waals surface area (Å²) in [5, 5.41) is 6.35. The Morgan fingerprint density at radius 3 is 2.43 bits per heavy atom. The minimum atomic E-state index is -0.498. The van der Waals surface area contributed by atoms with Gasteiger partial charge in [0.05, 0.1) is 15.7 Å². The summed E-state index contributed by atoms with van der Waals surface area (Å²) in [5.41, 5.74) is 7.12. The first kappa shape index (κ1) is 19.6. The number of nitrogens with two attached hydrogens (primary N) is 1. The number of carbonyl (C=O) groups excluding carboxylic acids is 3. The van der Waals surface area contributed by atoms with Gasteiger partial charge in [-0.1, -0.05) is 30.3 Å². The Balaban J connectivity index is 1.86. The van der Waals surface area contributed by atoms with Gasteiger partial charge in [-0.05, 0) is 34.1 Å². The number of nitrogens with zero attached hydrogens (tertiary/aromatic N) is 1. The molecule has 3 aromatic rings. The van der Waals surface area contributed by atoms with Gasteiger partial charge in [0.15, 0.2) is 0 Å². The number of aromatic nitrogens is 1. The van der Waals surface area contributed by atoms with Crippen molar-refractivity contribution in [2.24, 2.45) is 12.8 Å². The molecule has 0 radical (unpaired) electrons. The first-order valence-electron chi connectivity index (χ1n) is 8.60. The fourth-order valence-electron chi connectivity index (χ4n) is 2.97. The van der Waals surface area contributed by atoms with Crippen LogP contribution in [0.2, 0.25) is 0 Å². The number of carbonyl (C=O) groups is 3. The Kier molecular flexibility index (Phi) is 5.79. The second-order valence-electron chi connectivity index (χ2n) is 6.21. The fourth-order valence-corrected chi connectivity index (χ4v) is 3.75. The highest BCUT2D eigenvalue weighted by Crippen LogP contribution is 2.31. The van der Waals surface area contributed by atoms with E-state index in [1.54, 1.807) is 28.8 Å². The van der Waals surface area contributed by atoms with Crippen LogP contribution in [0, 0.1) is 0 Å². The number of anilines is 1. The van der Waals surface area contributed by atoms with Gasteiger partial charge < -0.3 is 20.9 Å². The van der Waals surface area contributed by atoms with Crippen molar-refractivity contribution < 1.29 is 14.4 Å². The van der Waals surface area contributed by atoms with E-state index in [0.29, 0.717) is 21.4 Å². The molecule has 0 saturated heterocycles. The zero-order chi connectivity index (χ0) is 20.3. The summed E-state index contributed by atoms with van der Waals surface area (Å²) < 4.78 is 2.48. The average Bonchev–Trinajstić information content (AvgIpc) is 2.93. The topological polar surface area (TPSA) is 106 Å². The Labute approximate surface area is 170 Å². The van der Waals surface area contributed by atoms with Crippen molar-refractivity contribution in [3.63, 3.8) is 0 Å². The highest BCUT2D eigenvalue weighted by atomic mass is 79.9. The van der Waals surface area contributed by atoms with Crippen LogP contribution < -0.4 is 16.4 Å². The van der Waals surface area contributed by atoms with Crippen LogP contribution in [0.3, 0.4) is 0 Å². The zero-order valence-electron chi connectivity index (χ0n) is 15.2. The third-order valence-corrected chi connectivity index (χ3v) is 5.14. The van der Waals surface area contributed by atoms with Crippen LogP contribution in [0.5, 0.6) is 0 Å². The van der Waals surface area contributed by atoms with E-state index in [9.17, 15) is 14.4 Å². The number of amides is 3. The highest BCUT2D eigenvalue weighted by molar-refractivity contribution is 9.10. The van der Waals surface area contributed by atoms with E-state index in [4.69, 9.17) is 5.73 Å². The number of hydrogen-bond donors (Lipinski definition) is 3. The van der Waals surface area contributed by atoms with Gasteiger partial charge in [0.2, 0.25) is 5.91 Å². The minimum absolute atomic E-state index is 0.0448. The maximum atomic E-state index is 12.9. The second kappa shape index (κ2) is 8.26.